The quantitative estimate of drug-likeness (QED) is 0.118. The second-order valence-electron chi connectivity index (χ2n) is 12.7. The summed E-state index contributed by atoms with van der Waals surface area (Å²) in [6, 6.07) is 6.74. The highest BCUT2D eigenvalue weighted by atomic mass is 16.7. The molecule has 2 aromatic rings. The van der Waals surface area contributed by atoms with Crippen molar-refractivity contribution in [1.82, 2.24) is 20.9 Å². The van der Waals surface area contributed by atoms with Crippen molar-refractivity contribution >= 4 is 41.6 Å². The van der Waals surface area contributed by atoms with Crippen molar-refractivity contribution in [3.05, 3.63) is 59.2 Å². The van der Waals surface area contributed by atoms with Gasteiger partial charge in [0.25, 0.3) is 11.8 Å². The number of carbonyl (C=O) groups is 7. The number of ether oxygens (including phenoxy) is 4. The molecule has 0 aliphatic carbocycles. The summed E-state index contributed by atoms with van der Waals surface area (Å²) in [5.74, 6) is -4.12. The summed E-state index contributed by atoms with van der Waals surface area (Å²) in [4.78, 5) is 91.8. The fourth-order valence-corrected chi connectivity index (χ4v) is 5.40. The average molecular weight is 696 g/mol. The number of imide groups is 1. The summed E-state index contributed by atoms with van der Waals surface area (Å²) >= 11 is 0. The second kappa shape index (κ2) is 16.2. The SMILES string of the molecule is COC(=O)[C@H](CCCCNC(=O)OC(C)(C)C)NC(=O)[C@H](CC(N)=O)NC(=O)[C@H](Cc1ccc2c(c1)OCO2)N1C(=O)c2ccccc2C1=O. The van der Waals surface area contributed by atoms with Crippen LogP contribution < -0.4 is 31.2 Å². The number of methoxy groups -OCH3 is 1. The minimum Gasteiger partial charge on any atom is -0.467 e. The normalized spacial score (nSPS) is 15.0. The summed E-state index contributed by atoms with van der Waals surface area (Å²) in [5, 5.41) is 7.57. The standard InChI is InChI=1S/C34H41N5O11/c1-34(2,3)50-33(46)36-14-8-7-11-22(32(45)47-4)37-28(41)23(17-27(35)40)38-29(42)24(15-19-12-13-25-26(16-19)49-18-48-25)39-30(43)20-9-5-6-10-21(20)31(39)44/h5-6,9-10,12-13,16,22-24H,7-8,11,14-15,17-18H2,1-4H3,(H2,35,40)(H,36,46)(H,37,41)(H,38,42)/t22-,23-,24-/m0/s1. The van der Waals surface area contributed by atoms with E-state index in [1.807, 2.05) is 0 Å². The Bertz CT molecular complexity index is 1620. The van der Waals surface area contributed by atoms with E-state index >= 15 is 0 Å². The first kappa shape index (κ1) is 37.2. The van der Waals surface area contributed by atoms with Gasteiger partial charge in [0.15, 0.2) is 11.5 Å². The van der Waals surface area contributed by atoms with E-state index in [9.17, 15) is 33.6 Å². The Kier molecular flexibility index (Phi) is 12.0. The molecule has 2 aliphatic rings. The van der Waals surface area contributed by atoms with Crippen molar-refractivity contribution < 1.29 is 52.5 Å². The van der Waals surface area contributed by atoms with Crippen LogP contribution in [0.25, 0.3) is 0 Å². The highest BCUT2D eigenvalue weighted by molar-refractivity contribution is 6.23. The molecule has 268 valence electrons. The molecular formula is C34H41N5O11. The molecule has 0 unspecified atom stereocenters. The minimum absolute atomic E-state index is 0.000551. The average Bonchev–Trinajstić information content (AvgIpc) is 3.62. The van der Waals surface area contributed by atoms with Crippen LogP contribution in [0.5, 0.6) is 11.5 Å². The lowest BCUT2D eigenvalue weighted by Crippen LogP contribution is -2.58. The molecule has 2 heterocycles. The Morgan fingerprint density at radius 2 is 1.54 bits per heavy atom. The van der Waals surface area contributed by atoms with Crippen LogP contribution in [0.15, 0.2) is 42.5 Å². The third-order valence-electron chi connectivity index (χ3n) is 7.73. The smallest absolute Gasteiger partial charge is 0.407 e. The molecule has 16 heteroatoms. The molecule has 0 spiro atoms. The lowest BCUT2D eigenvalue weighted by atomic mass is 10.0. The number of amides is 6. The minimum atomic E-state index is -1.59. The molecule has 2 aromatic carbocycles. The van der Waals surface area contributed by atoms with Gasteiger partial charge in [-0.25, -0.2) is 9.59 Å². The Morgan fingerprint density at radius 1 is 0.900 bits per heavy atom. The van der Waals surface area contributed by atoms with Gasteiger partial charge in [-0.1, -0.05) is 18.2 Å². The first-order valence-electron chi connectivity index (χ1n) is 16.0. The molecule has 16 nitrogen and oxygen atoms in total. The fraction of sp³-hybridized carbons (Fsp3) is 0.441. The molecule has 0 aromatic heterocycles. The molecule has 50 heavy (non-hydrogen) atoms. The number of unbranched alkanes of at least 4 members (excludes halogenated alkanes) is 1. The van der Waals surface area contributed by atoms with Gasteiger partial charge in [-0.2, -0.15) is 0 Å². The van der Waals surface area contributed by atoms with Crippen molar-refractivity contribution in [2.45, 2.75) is 76.6 Å². The Labute approximate surface area is 288 Å². The molecule has 5 N–H and O–H groups in total. The maximum absolute atomic E-state index is 14.0. The molecule has 4 rings (SSSR count). The van der Waals surface area contributed by atoms with E-state index in [2.05, 4.69) is 16.0 Å². The van der Waals surface area contributed by atoms with Gasteiger partial charge in [-0.3, -0.25) is 28.9 Å². The van der Waals surface area contributed by atoms with Crippen LogP contribution in [0.4, 0.5) is 4.79 Å². The van der Waals surface area contributed by atoms with Gasteiger partial charge in [0.2, 0.25) is 24.5 Å². The number of esters is 1. The van der Waals surface area contributed by atoms with E-state index in [0.717, 1.165) is 12.0 Å². The van der Waals surface area contributed by atoms with Crippen LogP contribution in [-0.4, -0.2) is 90.7 Å². The van der Waals surface area contributed by atoms with Gasteiger partial charge < -0.3 is 40.6 Å². The summed E-state index contributed by atoms with van der Waals surface area (Å²) in [7, 11) is 1.14. The Balaban J connectivity index is 1.49. The molecule has 0 saturated heterocycles. The zero-order chi connectivity index (χ0) is 36.6. The molecule has 2 aliphatic heterocycles. The van der Waals surface area contributed by atoms with E-state index in [1.165, 1.54) is 12.1 Å². The molecule has 0 saturated carbocycles. The molecule has 0 radical (unpaired) electrons. The number of nitrogens with one attached hydrogen (secondary N) is 3. The summed E-state index contributed by atoms with van der Waals surface area (Å²) in [6.45, 7) is 5.43. The number of primary amides is 1. The zero-order valence-corrected chi connectivity index (χ0v) is 28.2. The van der Waals surface area contributed by atoms with E-state index in [4.69, 9.17) is 24.7 Å². The van der Waals surface area contributed by atoms with Crippen LogP contribution >= 0.6 is 0 Å². The van der Waals surface area contributed by atoms with Crippen molar-refractivity contribution in [1.29, 1.82) is 0 Å². The van der Waals surface area contributed by atoms with Crippen molar-refractivity contribution in [2.24, 2.45) is 5.73 Å². The number of hydrogen-bond donors (Lipinski definition) is 4. The number of fused-ring (bicyclic) bond motifs is 2. The Hall–Kier alpha value is -5.67. The van der Waals surface area contributed by atoms with E-state index < -0.39 is 71.7 Å². The first-order valence-corrected chi connectivity index (χ1v) is 16.0. The van der Waals surface area contributed by atoms with Gasteiger partial charge >= 0.3 is 12.1 Å². The molecule has 6 amide bonds. The van der Waals surface area contributed by atoms with Gasteiger partial charge in [0.05, 0.1) is 24.7 Å². The van der Waals surface area contributed by atoms with Crippen LogP contribution in [0, 0.1) is 0 Å². The third-order valence-corrected chi connectivity index (χ3v) is 7.73. The fourth-order valence-electron chi connectivity index (χ4n) is 5.40. The molecule has 3 atom stereocenters. The van der Waals surface area contributed by atoms with E-state index in [-0.39, 0.29) is 37.3 Å². The number of nitrogens with zero attached hydrogens (tertiary/aromatic N) is 1. The summed E-state index contributed by atoms with van der Waals surface area (Å²) in [6.07, 6.45) is -0.567. The van der Waals surface area contributed by atoms with Crippen LogP contribution in [-0.2, 0) is 35.1 Å². The summed E-state index contributed by atoms with van der Waals surface area (Å²) < 4.78 is 20.8. The van der Waals surface area contributed by atoms with Crippen molar-refractivity contribution in [3.8, 4) is 11.5 Å². The number of nitrogens with two attached hydrogens (primary N) is 1. The molecule has 0 bridgehead atoms. The lowest BCUT2D eigenvalue weighted by Gasteiger charge is -2.28. The van der Waals surface area contributed by atoms with Crippen LogP contribution in [0.1, 0.15) is 72.7 Å². The zero-order valence-electron chi connectivity index (χ0n) is 28.2. The summed E-state index contributed by atoms with van der Waals surface area (Å²) in [5.41, 5.74) is 5.48. The maximum atomic E-state index is 14.0. The number of hydrogen-bond acceptors (Lipinski definition) is 11. The molecule has 0 fully saturated rings. The third kappa shape index (κ3) is 9.48. The van der Waals surface area contributed by atoms with Gasteiger partial charge in [-0.15, -0.1) is 0 Å². The van der Waals surface area contributed by atoms with Gasteiger partial charge in [0.1, 0.15) is 23.7 Å². The number of alkyl carbamates (subject to hydrolysis) is 1. The predicted molar refractivity (Wildman–Crippen MR) is 175 cm³/mol. The maximum Gasteiger partial charge on any atom is 0.407 e. The second-order valence-corrected chi connectivity index (χ2v) is 12.7. The van der Waals surface area contributed by atoms with E-state index in [1.54, 1.807) is 51.1 Å². The van der Waals surface area contributed by atoms with Crippen LogP contribution in [0.2, 0.25) is 0 Å². The topological polar surface area (TPSA) is 222 Å². The van der Waals surface area contributed by atoms with E-state index in [0.29, 0.717) is 29.9 Å². The number of carbonyl (C=O) groups excluding carboxylic acids is 7. The lowest BCUT2D eigenvalue weighted by molar-refractivity contribution is -0.145. The van der Waals surface area contributed by atoms with Crippen LogP contribution in [0.3, 0.4) is 0 Å². The van der Waals surface area contributed by atoms with Crippen molar-refractivity contribution in [3.63, 3.8) is 0 Å². The van der Waals surface area contributed by atoms with Gasteiger partial charge in [0, 0.05) is 13.0 Å². The van der Waals surface area contributed by atoms with Gasteiger partial charge in [-0.05, 0) is 69.9 Å². The predicted octanol–water partition coefficient (Wildman–Crippen LogP) is 1.34. The number of rotatable bonds is 15. The highest BCUT2D eigenvalue weighted by Crippen LogP contribution is 2.34. The highest BCUT2D eigenvalue weighted by Gasteiger charge is 2.44. The first-order chi connectivity index (χ1) is 23.7. The largest absolute Gasteiger partial charge is 0.467 e. The van der Waals surface area contributed by atoms with Crippen molar-refractivity contribution in [2.75, 3.05) is 20.4 Å². The molecular weight excluding hydrogens is 654 g/mol. The monoisotopic (exact) mass is 695 g/mol. The Morgan fingerprint density at radius 3 is 2.16 bits per heavy atom. The number of benzene rings is 2.